The lowest BCUT2D eigenvalue weighted by molar-refractivity contribution is -0.197. The smallest absolute Gasteiger partial charge is 0.163 e. The number of rotatable bonds is 2. The van der Waals surface area contributed by atoms with Crippen LogP contribution in [0.25, 0.3) is 0 Å². The molecule has 2 aliphatic rings. The molecule has 0 aromatic carbocycles. The van der Waals surface area contributed by atoms with Crippen molar-refractivity contribution in [3.8, 4) is 0 Å². The Balaban J connectivity index is 2.05. The summed E-state index contributed by atoms with van der Waals surface area (Å²) >= 11 is 0. The fourth-order valence-electron chi connectivity index (χ4n) is 2.66. The van der Waals surface area contributed by atoms with E-state index in [1.54, 1.807) is 14.2 Å². The van der Waals surface area contributed by atoms with Gasteiger partial charge in [0.25, 0.3) is 0 Å². The number of fused-ring (bicyclic) bond motifs is 1. The summed E-state index contributed by atoms with van der Waals surface area (Å²) in [6, 6.07) is 0. The van der Waals surface area contributed by atoms with E-state index in [1.807, 2.05) is 0 Å². The Labute approximate surface area is 79.4 Å². The third-order valence-corrected chi connectivity index (χ3v) is 3.31. The minimum atomic E-state index is -0.0322. The first-order valence-electron chi connectivity index (χ1n) is 5.08. The summed E-state index contributed by atoms with van der Waals surface area (Å²) in [5.41, 5.74) is 0. The molecule has 0 spiro atoms. The molecule has 3 nitrogen and oxygen atoms in total. The van der Waals surface area contributed by atoms with E-state index < -0.39 is 0 Å². The SMILES string of the molecule is COC1OC(OC)C2CCCCC12. The molecule has 0 amide bonds. The molecule has 1 aliphatic carbocycles. The van der Waals surface area contributed by atoms with Gasteiger partial charge in [-0.15, -0.1) is 0 Å². The lowest BCUT2D eigenvalue weighted by Gasteiger charge is -2.27. The van der Waals surface area contributed by atoms with Crippen molar-refractivity contribution in [3.63, 3.8) is 0 Å². The van der Waals surface area contributed by atoms with Crippen LogP contribution in [0.2, 0.25) is 0 Å². The Morgan fingerprint density at radius 3 is 1.77 bits per heavy atom. The van der Waals surface area contributed by atoms with Crippen LogP contribution in [0.5, 0.6) is 0 Å². The van der Waals surface area contributed by atoms with E-state index in [2.05, 4.69) is 0 Å². The van der Waals surface area contributed by atoms with Crippen molar-refractivity contribution in [2.75, 3.05) is 14.2 Å². The molecule has 0 bridgehead atoms. The highest BCUT2D eigenvalue weighted by Gasteiger charge is 2.45. The van der Waals surface area contributed by atoms with Crippen molar-refractivity contribution in [2.45, 2.75) is 38.3 Å². The van der Waals surface area contributed by atoms with Gasteiger partial charge in [0.2, 0.25) is 0 Å². The monoisotopic (exact) mass is 186 g/mol. The van der Waals surface area contributed by atoms with E-state index in [4.69, 9.17) is 14.2 Å². The molecule has 1 aliphatic heterocycles. The van der Waals surface area contributed by atoms with Crippen LogP contribution in [0.3, 0.4) is 0 Å². The standard InChI is InChI=1S/C10H18O3/c1-11-9-7-5-3-4-6-8(7)10(12-2)13-9/h7-10H,3-6H2,1-2H3. The molecule has 3 heteroatoms. The van der Waals surface area contributed by atoms with Crippen molar-refractivity contribution >= 4 is 0 Å². The maximum atomic E-state index is 5.66. The second kappa shape index (κ2) is 3.95. The van der Waals surface area contributed by atoms with Crippen molar-refractivity contribution in [3.05, 3.63) is 0 Å². The van der Waals surface area contributed by atoms with Gasteiger partial charge in [0.15, 0.2) is 12.6 Å². The highest BCUT2D eigenvalue weighted by atomic mass is 16.8. The van der Waals surface area contributed by atoms with E-state index >= 15 is 0 Å². The van der Waals surface area contributed by atoms with Gasteiger partial charge in [-0.25, -0.2) is 0 Å². The summed E-state index contributed by atoms with van der Waals surface area (Å²) in [7, 11) is 3.43. The summed E-state index contributed by atoms with van der Waals surface area (Å²) < 4.78 is 16.3. The topological polar surface area (TPSA) is 27.7 Å². The lowest BCUT2D eigenvalue weighted by atomic mass is 9.80. The first-order chi connectivity index (χ1) is 6.36. The van der Waals surface area contributed by atoms with Crippen molar-refractivity contribution < 1.29 is 14.2 Å². The average Bonchev–Trinajstić information content (AvgIpc) is 2.56. The zero-order valence-corrected chi connectivity index (χ0v) is 8.36. The summed E-state index contributed by atoms with van der Waals surface area (Å²) in [5.74, 6) is 1.12. The molecular weight excluding hydrogens is 168 g/mol. The Bertz CT molecular complexity index is 154. The van der Waals surface area contributed by atoms with Crippen LogP contribution in [0.15, 0.2) is 0 Å². The van der Waals surface area contributed by atoms with Gasteiger partial charge < -0.3 is 14.2 Å². The number of hydrogen-bond donors (Lipinski definition) is 0. The first kappa shape index (κ1) is 9.44. The molecule has 0 N–H and O–H groups in total. The number of methoxy groups -OCH3 is 2. The van der Waals surface area contributed by atoms with Gasteiger partial charge in [-0.3, -0.25) is 0 Å². The van der Waals surface area contributed by atoms with Crippen LogP contribution in [0, 0.1) is 11.8 Å². The minimum absolute atomic E-state index is 0.0322. The van der Waals surface area contributed by atoms with Crippen LogP contribution >= 0.6 is 0 Å². The number of ether oxygens (including phenoxy) is 3. The molecule has 4 unspecified atom stereocenters. The zero-order chi connectivity index (χ0) is 9.26. The second-order valence-electron chi connectivity index (χ2n) is 3.96. The Morgan fingerprint density at radius 2 is 1.38 bits per heavy atom. The van der Waals surface area contributed by atoms with E-state index in [0.29, 0.717) is 11.8 Å². The van der Waals surface area contributed by atoms with E-state index in [1.165, 1.54) is 25.7 Å². The predicted octanol–water partition coefficient (Wildman–Crippen LogP) is 1.77. The van der Waals surface area contributed by atoms with Crippen LogP contribution in [0.4, 0.5) is 0 Å². The molecule has 4 atom stereocenters. The highest BCUT2D eigenvalue weighted by molar-refractivity contribution is 4.85. The second-order valence-corrected chi connectivity index (χ2v) is 3.96. The third kappa shape index (κ3) is 1.60. The summed E-state index contributed by atoms with van der Waals surface area (Å²) in [6.07, 6.45) is 5.00. The van der Waals surface area contributed by atoms with Crippen molar-refractivity contribution in [2.24, 2.45) is 11.8 Å². The van der Waals surface area contributed by atoms with Gasteiger partial charge >= 0.3 is 0 Å². The van der Waals surface area contributed by atoms with Gasteiger partial charge in [0, 0.05) is 26.1 Å². The molecule has 2 fully saturated rings. The molecule has 0 radical (unpaired) electrons. The van der Waals surface area contributed by atoms with E-state index in [9.17, 15) is 0 Å². The average molecular weight is 186 g/mol. The van der Waals surface area contributed by atoms with Gasteiger partial charge in [-0.1, -0.05) is 12.8 Å². The molecule has 2 rings (SSSR count). The number of hydrogen-bond acceptors (Lipinski definition) is 3. The molecule has 0 aromatic rings. The van der Waals surface area contributed by atoms with Crippen LogP contribution in [-0.2, 0) is 14.2 Å². The Hall–Kier alpha value is -0.120. The minimum Gasteiger partial charge on any atom is -0.355 e. The maximum absolute atomic E-state index is 5.66. The van der Waals surface area contributed by atoms with Crippen molar-refractivity contribution in [1.82, 2.24) is 0 Å². The van der Waals surface area contributed by atoms with Crippen LogP contribution in [0.1, 0.15) is 25.7 Å². The van der Waals surface area contributed by atoms with Gasteiger partial charge in [-0.2, -0.15) is 0 Å². The third-order valence-electron chi connectivity index (χ3n) is 3.31. The molecule has 1 saturated carbocycles. The summed E-state index contributed by atoms with van der Waals surface area (Å²) in [5, 5.41) is 0. The molecular formula is C10H18O3. The van der Waals surface area contributed by atoms with Gasteiger partial charge in [0.05, 0.1) is 0 Å². The first-order valence-corrected chi connectivity index (χ1v) is 5.08. The lowest BCUT2D eigenvalue weighted by Crippen LogP contribution is -2.26. The molecule has 0 aromatic heterocycles. The fourth-order valence-corrected chi connectivity index (χ4v) is 2.66. The fraction of sp³-hybridized carbons (Fsp3) is 1.00. The molecule has 1 heterocycles. The molecule has 76 valence electrons. The van der Waals surface area contributed by atoms with Gasteiger partial charge in [-0.05, 0) is 12.8 Å². The predicted molar refractivity (Wildman–Crippen MR) is 48.1 cm³/mol. The zero-order valence-electron chi connectivity index (χ0n) is 8.36. The largest absolute Gasteiger partial charge is 0.355 e. The summed E-state index contributed by atoms with van der Waals surface area (Å²) in [4.78, 5) is 0. The van der Waals surface area contributed by atoms with E-state index in [-0.39, 0.29) is 12.6 Å². The maximum Gasteiger partial charge on any atom is 0.163 e. The van der Waals surface area contributed by atoms with Crippen molar-refractivity contribution in [1.29, 1.82) is 0 Å². The Morgan fingerprint density at radius 1 is 0.923 bits per heavy atom. The quantitative estimate of drug-likeness (QED) is 0.657. The van der Waals surface area contributed by atoms with E-state index in [0.717, 1.165) is 0 Å². The van der Waals surface area contributed by atoms with Gasteiger partial charge in [0.1, 0.15) is 0 Å². The molecule has 1 saturated heterocycles. The Kier molecular flexibility index (Phi) is 2.86. The molecule has 13 heavy (non-hydrogen) atoms. The van der Waals surface area contributed by atoms with Crippen LogP contribution in [-0.4, -0.2) is 26.8 Å². The normalized spacial score (nSPS) is 44.8. The summed E-state index contributed by atoms with van der Waals surface area (Å²) in [6.45, 7) is 0. The van der Waals surface area contributed by atoms with Crippen LogP contribution < -0.4 is 0 Å². The highest BCUT2D eigenvalue weighted by Crippen LogP contribution is 2.42.